The van der Waals surface area contributed by atoms with Gasteiger partial charge in [-0.2, -0.15) is 18.4 Å². The number of amides is 1. The Kier molecular flexibility index (Phi) is 7.05. The average molecular weight is 473 g/mol. The second-order valence-electron chi connectivity index (χ2n) is 8.27. The summed E-state index contributed by atoms with van der Waals surface area (Å²) in [7, 11) is -1.88. The first-order valence-corrected chi connectivity index (χ1v) is 12.2. The molecule has 32 heavy (non-hydrogen) atoms. The number of nitrogens with zero attached hydrogens (tertiary/aromatic N) is 3. The monoisotopic (exact) mass is 472 g/mol. The fourth-order valence-corrected chi connectivity index (χ4v) is 5.94. The lowest BCUT2D eigenvalue weighted by Crippen LogP contribution is -2.41. The molecule has 7 nitrogen and oxygen atoms in total. The van der Waals surface area contributed by atoms with E-state index < -0.39 is 33.2 Å². The molecule has 0 aliphatic carbocycles. The summed E-state index contributed by atoms with van der Waals surface area (Å²) in [5.74, 6) is -0.701. The SMILES string of the molecule is CCS(=O)(=O)N1C[C@@H](C(=O)NC)[C@H](C2CCN(c3ccc(C#N)c(C(F)(F)F)c3)CC2)C1. The number of sulfonamides is 1. The standard InChI is InChI=1S/C21H27F3N4O3S/c1-3-32(30,31)28-12-17(18(13-28)20(29)26-2)14-6-8-27(9-7-14)16-5-4-15(11-25)19(10-16)21(22,23)24/h4-5,10,14,17-18H,3,6-9,12-13H2,1-2H3,(H,26,29)/t17-,18+/m0/s1. The molecule has 3 rings (SSSR count). The van der Waals surface area contributed by atoms with Crippen LogP contribution >= 0.6 is 0 Å². The molecule has 2 heterocycles. The molecule has 2 aliphatic heterocycles. The lowest BCUT2D eigenvalue weighted by Gasteiger charge is -2.37. The molecule has 0 unspecified atom stereocenters. The van der Waals surface area contributed by atoms with Gasteiger partial charge < -0.3 is 10.2 Å². The fraction of sp³-hybridized carbons (Fsp3) is 0.619. The smallest absolute Gasteiger partial charge is 0.372 e. The molecule has 2 atom stereocenters. The Morgan fingerprint density at radius 3 is 2.44 bits per heavy atom. The number of hydrogen-bond acceptors (Lipinski definition) is 5. The van der Waals surface area contributed by atoms with Crippen molar-refractivity contribution in [2.75, 3.05) is 43.9 Å². The maximum absolute atomic E-state index is 13.3. The Morgan fingerprint density at radius 2 is 1.91 bits per heavy atom. The molecule has 0 aromatic heterocycles. The molecule has 0 saturated carbocycles. The van der Waals surface area contributed by atoms with Crippen LogP contribution in [0.5, 0.6) is 0 Å². The molecular weight excluding hydrogens is 445 g/mol. The van der Waals surface area contributed by atoms with Crippen LogP contribution in [-0.2, 0) is 21.0 Å². The van der Waals surface area contributed by atoms with Crippen LogP contribution in [0.4, 0.5) is 18.9 Å². The Balaban J connectivity index is 1.75. The zero-order valence-corrected chi connectivity index (χ0v) is 18.8. The van der Waals surface area contributed by atoms with Crippen LogP contribution in [0.1, 0.15) is 30.9 Å². The number of rotatable bonds is 5. The lowest BCUT2D eigenvalue weighted by molar-refractivity contribution is -0.137. The summed E-state index contributed by atoms with van der Waals surface area (Å²) in [6.07, 6.45) is -3.34. The number of carbonyl (C=O) groups is 1. The van der Waals surface area contributed by atoms with Crippen molar-refractivity contribution in [3.05, 3.63) is 29.3 Å². The first kappa shape index (κ1) is 24.3. The Bertz CT molecular complexity index is 999. The molecule has 11 heteroatoms. The van der Waals surface area contributed by atoms with Crippen molar-refractivity contribution in [1.82, 2.24) is 9.62 Å². The first-order valence-electron chi connectivity index (χ1n) is 10.6. The van der Waals surface area contributed by atoms with Crippen molar-refractivity contribution < 1.29 is 26.4 Å². The predicted molar refractivity (Wildman–Crippen MR) is 113 cm³/mol. The number of nitrogens with one attached hydrogen (secondary N) is 1. The molecule has 1 aromatic carbocycles. The Labute approximate surface area is 186 Å². The molecule has 1 amide bonds. The van der Waals surface area contributed by atoms with Gasteiger partial charge in [0.15, 0.2) is 0 Å². The minimum Gasteiger partial charge on any atom is -0.372 e. The molecule has 1 N–H and O–H groups in total. The highest BCUT2D eigenvalue weighted by molar-refractivity contribution is 7.89. The number of halogens is 3. The Hall–Kier alpha value is -2.32. The van der Waals surface area contributed by atoms with E-state index in [4.69, 9.17) is 5.26 Å². The first-order chi connectivity index (χ1) is 15.0. The van der Waals surface area contributed by atoms with Crippen molar-refractivity contribution in [3.63, 3.8) is 0 Å². The van der Waals surface area contributed by atoms with E-state index >= 15 is 0 Å². The van der Waals surface area contributed by atoms with Gasteiger partial charge in [0.25, 0.3) is 0 Å². The summed E-state index contributed by atoms with van der Waals surface area (Å²) in [5.41, 5.74) is -0.956. The normalized spacial score (nSPS) is 23.2. The second kappa shape index (κ2) is 9.27. The highest BCUT2D eigenvalue weighted by Gasteiger charge is 2.45. The second-order valence-corrected chi connectivity index (χ2v) is 10.5. The van der Waals surface area contributed by atoms with Gasteiger partial charge in [-0.3, -0.25) is 4.79 Å². The largest absolute Gasteiger partial charge is 0.417 e. The van der Waals surface area contributed by atoms with Crippen molar-refractivity contribution in [2.24, 2.45) is 17.8 Å². The fourth-order valence-electron chi connectivity index (χ4n) is 4.79. The zero-order valence-electron chi connectivity index (χ0n) is 18.0. The number of alkyl halides is 3. The van der Waals surface area contributed by atoms with E-state index in [2.05, 4.69) is 5.32 Å². The third-order valence-electron chi connectivity index (χ3n) is 6.61. The van der Waals surface area contributed by atoms with Crippen LogP contribution in [0.25, 0.3) is 0 Å². The maximum atomic E-state index is 13.3. The van der Waals surface area contributed by atoms with Crippen LogP contribution in [0.3, 0.4) is 0 Å². The van der Waals surface area contributed by atoms with E-state index in [1.54, 1.807) is 13.0 Å². The van der Waals surface area contributed by atoms with Gasteiger partial charge >= 0.3 is 6.18 Å². The number of benzene rings is 1. The van der Waals surface area contributed by atoms with Gasteiger partial charge in [-0.25, -0.2) is 12.7 Å². The van der Waals surface area contributed by atoms with Gasteiger partial charge in [0.05, 0.1) is 28.9 Å². The van der Waals surface area contributed by atoms with Crippen LogP contribution < -0.4 is 10.2 Å². The minimum absolute atomic E-state index is 0.0289. The highest BCUT2D eigenvalue weighted by atomic mass is 32.2. The van der Waals surface area contributed by atoms with Crippen molar-refractivity contribution >= 4 is 21.6 Å². The Morgan fingerprint density at radius 1 is 1.25 bits per heavy atom. The number of piperidine rings is 1. The molecule has 176 valence electrons. The molecule has 0 spiro atoms. The maximum Gasteiger partial charge on any atom is 0.417 e. The molecule has 1 aromatic rings. The van der Waals surface area contributed by atoms with Crippen LogP contribution in [0, 0.1) is 29.1 Å². The summed E-state index contributed by atoms with van der Waals surface area (Å²) in [4.78, 5) is 14.3. The topological polar surface area (TPSA) is 93.5 Å². The summed E-state index contributed by atoms with van der Waals surface area (Å²) in [5, 5.41) is 11.6. The molecule has 0 radical (unpaired) electrons. The van der Waals surface area contributed by atoms with E-state index in [1.807, 2.05) is 4.90 Å². The number of carbonyl (C=O) groups excluding carboxylic acids is 1. The zero-order chi connectivity index (χ0) is 23.7. The molecule has 0 bridgehead atoms. The quantitative estimate of drug-likeness (QED) is 0.711. The lowest BCUT2D eigenvalue weighted by atomic mass is 9.78. The van der Waals surface area contributed by atoms with Crippen molar-refractivity contribution in [3.8, 4) is 6.07 Å². The van der Waals surface area contributed by atoms with E-state index in [9.17, 15) is 26.4 Å². The summed E-state index contributed by atoms with van der Waals surface area (Å²) < 4.78 is 66.0. The van der Waals surface area contributed by atoms with Crippen molar-refractivity contribution in [1.29, 1.82) is 5.26 Å². The van der Waals surface area contributed by atoms with E-state index in [1.165, 1.54) is 23.5 Å². The molecular formula is C21H27F3N4O3S. The summed E-state index contributed by atoms with van der Waals surface area (Å²) in [6, 6.07) is 5.31. The van der Waals surface area contributed by atoms with Crippen molar-refractivity contribution in [2.45, 2.75) is 25.9 Å². The van der Waals surface area contributed by atoms with E-state index in [-0.39, 0.29) is 36.6 Å². The van der Waals surface area contributed by atoms with Crippen LogP contribution in [0.2, 0.25) is 0 Å². The van der Waals surface area contributed by atoms with Crippen LogP contribution in [0.15, 0.2) is 18.2 Å². The number of hydrogen-bond donors (Lipinski definition) is 1. The van der Waals surface area contributed by atoms with Gasteiger partial charge in [0, 0.05) is 38.9 Å². The van der Waals surface area contributed by atoms with Gasteiger partial charge in [-0.15, -0.1) is 0 Å². The van der Waals surface area contributed by atoms with E-state index in [0.717, 1.165) is 6.07 Å². The third kappa shape index (κ3) is 4.86. The predicted octanol–water partition coefficient (Wildman–Crippen LogP) is 2.44. The highest BCUT2D eigenvalue weighted by Crippen LogP contribution is 2.39. The molecule has 2 fully saturated rings. The number of nitriles is 1. The van der Waals surface area contributed by atoms with Gasteiger partial charge in [0.2, 0.25) is 15.9 Å². The van der Waals surface area contributed by atoms with Gasteiger partial charge in [-0.05, 0) is 49.8 Å². The molecule has 2 saturated heterocycles. The molecule has 2 aliphatic rings. The van der Waals surface area contributed by atoms with Gasteiger partial charge in [-0.1, -0.05) is 0 Å². The summed E-state index contributed by atoms with van der Waals surface area (Å²) in [6.45, 7) is 3.00. The van der Waals surface area contributed by atoms with E-state index in [0.29, 0.717) is 31.6 Å². The average Bonchev–Trinajstić information content (AvgIpc) is 3.24. The number of anilines is 1. The minimum atomic E-state index is -4.61. The van der Waals surface area contributed by atoms with Crippen LogP contribution in [-0.4, -0.2) is 57.6 Å². The van der Waals surface area contributed by atoms with Gasteiger partial charge in [0.1, 0.15) is 0 Å². The third-order valence-corrected chi connectivity index (χ3v) is 8.43. The summed E-state index contributed by atoms with van der Waals surface area (Å²) >= 11 is 0.